The van der Waals surface area contributed by atoms with E-state index in [0.717, 1.165) is 7.25 Å². The molecular formula is C36H42Cl2Zr. The summed E-state index contributed by atoms with van der Waals surface area (Å²) in [4.78, 5) is 0. The molecular weight excluding hydrogens is 595 g/mol. The van der Waals surface area contributed by atoms with Gasteiger partial charge in [-0.3, -0.25) is 0 Å². The van der Waals surface area contributed by atoms with E-state index >= 15 is 0 Å². The molecule has 0 radical (unpaired) electrons. The van der Waals surface area contributed by atoms with E-state index in [-0.39, 0.29) is 24.8 Å². The maximum atomic E-state index is 2.75. The van der Waals surface area contributed by atoms with Crippen molar-refractivity contribution < 1.29 is 45.1 Å². The molecule has 4 aliphatic carbocycles. The van der Waals surface area contributed by atoms with Gasteiger partial charge in [0.15, 0.2) is 0 Å². The predicted molar refractivity (Wildman–Crippen MR) is 154 cm³/mol. The Hall–Kier alpha value is -1.14. The molecule has 39 heavy (non-hydrogen) atoms. The second kappa shape index (κ2) is 12.0. The van der Waals surface area contributed by atoms with Gasteiger partial charge in [-0.25, -0.2) is 0 Å². The van der Waals surface area contributed by atoms with E-state index in [1.54, 1.807) is 30.5 Å². The predicted octanol–water partition coefficient (Wildman–Crippen LogP) is 4.80. The largest absolute Gasteiger partial charge is 1.00 e. The Labute approximate surface area is 253 Å². The van der Waals surface area contributed by atoms with Crippen LogP contribution in [-0.4, -0.2) is 0 Å². The van der Waals surface area contributed by atoms with Gasteiger partial charge in [-0.05, 0) is 0 Å². The monoisotopic (exact) mass is 634 g/mol. The Bertz CT molecular complexity index is 1210. The third-order valence-corrected chi connectivity index (χ3v) is 23.9. The molecule has 1 heterocycles. The second-order valence-corrected chi connectivity index (χ2v) is 23.8. The first-order valence-corrected chi connectivity index (χ1v) is 21.5. The van der Waals surface area contributed by atoms with Crippen LogP contribution >= 0.6 is 0 Å². The zero-order valence-electron chi connectivity index (χ0n) is 23.6. The van der Waals surface area contributed by atoms with Gasteiger partial charge in [0, 0.05) is 0 Å². The molecule has 1 aliphatic heterocycles. The molecule has 0 nitrogen and oxygen atoms in total. The molecule has 0 saturated carbocycles. The van der Waals surface area contributed by atoms with Gasteiger partial charge in [0.05, 0.1) is 0 Å². The molecule has 3 heteroatoms. The van der Waals surface area contributed by atoms with E-state index in [2.05, 4.69) is 86.7 Å². The molecule has 4 atom stereocenters. The molecule has 1 fully saturated rings. The Morgan fingerprint density at radius 3 is 1.38 bits per heavy atom. The van der Waals surface area contributed by atoms with Crippen molar-refractivity contribution in [2.75, 3.05) is 0 Å². The number of benzene rings is 2. The van der Waals surface area contributed by atoms with Crippen molar-refractivity contribution in [3.63, 3.8) is 0 Å². The molecule has 2 aromatic rings. The molecule has 0 bridgehead atoms. The fourth-order valence-corrected chi connectivity index (χ4v) is 27.6. The van der Waals surface area contributed by atoms with Crippen molar-refractivity contribution in [2.24, 2.45) is 0 Å². The second-order valence-electron chi connectivity index (χ2n) is 12.4. The molecule has 0 aromatic heterocycles. The Kier molecular flexibility index (Phi) is 9.03. The molecule has 0 amide bonds. The van der Waals surface area contributed by atoms with Crippen molar-refractivity contribution >= 4 is 0 Å². The van der Waals surface area contributed by atoms with Crippen LogP contribution in [0.25, 0.3) is 0 Å². The first-order valence-electron chi connectivity index (χ1n) is 15.2. The van der Waals surface area contributed by atoms with Gasteiger partial charge in [-0.2, -0.15) is 0 Å². The molecule has 0 N–H and O–H groups in total. The van der Waals surface area contributed by atoms with Crippen molar-refractivity contribution in [1.82, 2.24) is 0 Å². The number of hydrogen-bond acceptors (Lipinski definition) is 0. The van der Waals surface area contributed by atoms with Crippen LogP contribution in [0.3, 0.4) is 0 Å². The smallest absolute Gasteiger partial charge is 1.00 e. The van der Waals surface area contributed by atoms with Gasteiger partial charge in [-0.1, -0.05) is 0 Å². The molecule has 7 rings (SSSR count). The van der Waals surface area contributed by atoms with E-state index in [1.165, 1.54) is 51.4 Å². The standard InChI is InChI=1S/2C17H19.C2H4.2ClH.Zr/c2*1-2-13-11-15-9-6-10-16(17(15)12-13)14-7-4-3-5-8-14;1-2;;;/h2*3-5,7-8,11-12,16H,2,6,9-10H2,1H3;1-2H2;2*1H;/q;;;;;+2/p-2. The molecule has 4 unspecified atom stereocenters. The van der Waals surface area contributed by atoms with Crippen molar-refractivity contribution in [3.8, 4) is 0 Å². The minimum absolute atomic E-state index is 0. The number of rotatable bonds is 6. The molecule has 204 valence electrons. The van der Waals surface area contributed by atoms with Gasteiger partial charge in [0.1, 0.15) is 0 Å². The summed E-state index contributed by atoms with van der Waals surface area (Å²) in [5.74, 6) is 1.27. The quantitative estimate of drug-likeness (QED) is 0.428. The van der Waals surface area contributed by atoms with Gasteiger partial charge in [-0.15, -0.1) is 0 Å². The van der Waals surface area contributed by atoms with E-state index in [4.69, 9.17) is 0 Å². The first-order chi connectivity index (χ1) is 18.2. The van der Waals surface area contributed by atoms with E-state index in [0.29, 0.717) is 11.8 Å². The number of halogens is 2. The number of allylic oxidation sites excluding steroid dienone is 8. The maximum absolute atomic E-state index is 2.75. The van der Waals surface area contributed by atoms with E-state index in [9.17, 15) is 0 Å². The van der Waals surface area contributed by atoms with Crippen molar-refractivity contribution in [1.29, 1.82) is 0 Å². The van der Waals surface area contributed by atoms with E-state index < -0.39 is 20.3 Å². The summed E-state index contributed by atoms with van der Waals surface area (Å²) in [5.41, 5.74) is 14.2. The minimum Gasteiger partial charge on any atom is -1.00 e. The van der Waals surface area contributed by atoms with Crippen LogP contribution in [0.4, 0.5) is 0 Å². The summed E-state index contributed by atoms with van der Waals surface area (Å²) in [6.45, 7) is 4.91. The van der Waals surface area contributed by atoms with Crippen molar-refractivity contribution in [3.05, 3.63) is 117 Å². The summed E-state index contributed by atoms with van der Waals surface area (Å²) < 4.78 is 5.03. The summed E-state index contributed by atoms with van der Waals surface area (Å²) in [7, 11) is 0. The minimum atomic E-state index is -2.47. The van der Waals surface area contributed by atoms with Crippen LogP contribution < -0.4 is 24.8 Å². The zero-order chi connectivity index (χ0) is 25.0. The summed E-state index contributed by atoms with van der Waals surface area (Å²) in [5, 5.41) is 0. The van der Waals surface area contributed by atoms with Gasteiger partial charge in [0.2, 0.25) is 0 Å². The summed E-state index contributed by atoms with van der Waals surface area (Å²) in [6, 6.07) is 22.9. The van der Waals surface area contributed by atoms with Crippen LogP contribution in [0, 0.1) is 0 Å². The first kappa shape index (κ1) is 29.4. The van der Waals surface area contributed by atoms with Gasteiger partial charge >= 0.3 is 230 Å². The van der Waals surface area contributed by atoms with Crippen LogP contribution in [-0.2, 0) is 20.3 Å². The molecule has 2 aromatic carbocycles. The van der Waals surface area contributed by atoms with Crippen molar-refractivity contribution in [2.45, 2.75) is 92.6 Å². The summed E-state index contributed by atoms with van der Waals surface area (Å²) in [6.07, 6.45) is 16.2. The normalized spacial score (nSPS) is 27.7. The van der Waals surface area contributed by atoms with Gasteiger partial charge < -0.3 is 24.8 Å². The fourth-order valence-electron chi connectivity index (χ4n) is 9.06. The zero-order valence-corrected chi connectivity index (χ0v) is 27.5. The Morgan fingerprint density at radius 2 is 1.03 bits per heavy atom. The van der Waals surface area contributed by atoms with Crippen LogP contribution in [0.2, 0.25) is 15.5 Å². The van der Waals surface area contributed by atoms with Crippen LogP contribution in [0.5, 0.6) is 0 Å². The van der Waals surface area contributed by atoms with Gasteiger partial charge in [0.25, 0.3) is 0 Å². The van der Waals surface area contributed by atoms with Crippen LogP contribution in [0.1, 0.15) is 88.2 Å². The maximum Gasteiger partial charge on any atom is -1.00 e. The average molecular weight is 637 g/mol. The third kappa shape index (κ3) is 4.88. The Morgan fingerprint density at radius 1 is 0.615 bits per heavy atom. The molecule has 1 saturated heterocycles. The number of hydrogen-bond donors (Lipinski definition) is 0. The Balaban J connectivity index is 0.00000154. The fraction of sp³-hybridized carbons (Fsp3) is 0.444. The average Bonchev–Trinajstić information content (AvgIpc) is 3.49. The third-order valence-electron chi connectivity index (χ3n) is 10.7. The van der Waals surface area contributed by atoms with Crippen LogP contribution in [0.15, 0.2) is 106 Å². The molecule has 0 spiro atoms. The topological polar surface area (TPSA) is 0 Å². The van der Waals surface area contributed by atoms with E-state index in [1.807, 2.05) is 22.3 Å². The summed E-state index contributed by atoms with van der Waals surface area (Å²) >= 11 is -2.47. The molecule has 5 aliphatic rings. The SMILES string of the molecule is CCC1=CC2=C(CCCC2c2ccccc2)[CH]1[Zr+2]1([CH]2C(CC)=CC3=C2CCCC3c2ccccc2)[CH2][CH2]1.[Cl-].[Cl-].